The van der Waals surface area contributed by atoms with E-state index in [1.54, 1.807) is 0 Å². The third-order valence-electron chi connectivity index (χ3n) is 2.75. The Morgan fingerprint density at radius 3 is 2.94 bits per heavy atom. The minimum Gasteiger partial charge on any atom is -0.355 e. The lowest BCUT2D eigenvalue weighted by molar-refractivity contribution is 0.813. The number of fused-ring (bicyclic) bond motifs is 1. The minimum atomic E-state index is 0.479. The van der Waals surface area contributed by atoms with E-state index in [0.717, 1.165) is 23.3 Å². The molecule has 0 fully saturated rings. The molecule has 18 heavy (non-hydrogen) atoms. The first-order chi connectivity index (χ1) is 8.76. The summed E-state index contributed by atoms with van der Waals surface area (Å²) in [7, 11) is 0. The van der Waals surface area contributed by atoms with Gasteiger partial charge in [0.1, 0.15) is 12.1 Å². The fourth-order valence-electron chi connectivity index (χ4n) is 1.87. The van der Waals surface area contributed by atoms with Gasteiger partial charge in [0, 0.05) is 23.5 Å². The Kier molecular flexibility index (Phi) is 3.96. The fraction of sp³-hybridized carbons (Fsp3) is 0.308. The molecule has 5 heteroatoms. The summed E-state index contributed by atoms with van der Waals surface area (Å²) < 4.78 is 0. The fourth-order valence-corrected chi connectivity index (χ4v) is 2.03. The number of anilines is 1. The summed E-state index contributed by atoms with van der Waals surface area (Å²) in [5.41, 5.74) is 0.822. The number of hydrogen-bond acceptors (Lipinski definition) is 4. The molecule has 0 amide bonds. The average molecular weight is 261 g/mol. The molecule has 0 unspecified atom stereocenters. The Hall–Kier alpha value is -1.86. The normalized spacial score (nSPS) is 10.3. The predicted octanol–water partition coefficient (Wildman–Crippen LogP) is 3.02. The molecule has 0 saturated carbocycles. The van der Waals surface area contributed by atoms with Gasteiger partial charge in [-0.05, 0) is 25.1 Å². The summed E-state index contributed by atoms with van der Waals surface area (Å²) >= 11 is 5.95. The molecule has 4 nitrogen and oxygen atoms in total. The van der Waals surface area contributed by atoms with Crippen molar-refractivity contribution in [3.8, 4) is 6.07 Å². The monoisotopic (exact) mass is 260 g/mol. The van der Waals surface area contributed by atoms with Gasteiger partial charge in [-0.2, -0.15) is 5.26 Å². The molecule has 0 spiro atoms. The van der Waals surface area contributed by atoms with Gasteiger partial charge in [0.05, 0.1) is 18.0 Å². The Bertz CT molecular complexity index is 591. The molecule has 0 aliphatic rings. The second-order valence-electron chi connectivity index (χ2n) is 3.85. The number of halogens is 1. The number of nitrogens with zero attached hydrogens (tertiary/aromatic N) is 4. The van der Waals surface area contributed by atoms with Crippen LogP contribution in [0.4, 0.5) is 5.82 Å². The van der Waals surface area contributed by atoms with E-state index in [9.17, 15) is 0 Å². The Balaban J connectivity index is 2.46. The quantitative estimate of drug-likeness (QED) is 0.848. The lowest BCUT2D eigenvalue weighted by atomic mass is 10.2. The van der Waals surface area contributed by atoms with Crippen molar-refractivity contribution in [3.63, 3.8) is 0 Å². The van der Waals surface area contributed by atoms with Crippen LogP contribution in [0.25, 0.3) is 10.9 Å². The third kappa shape index (κ3) is 2.52. The van der Waals surface area contributed by atoms with Crippen LogP contribution in [-0.2, 0) is 0 Å². The first-order valence-electron chi connectivity index (χ1n) is 5.78. The van der Waals surface area contributed by atoms with Crippen molar-refractivity contribution >= 4 is 28.3 Å². The van der Waals surface area contributed by atoms with Gasteiger partial charge in [0.15, 0.2) is 0 Å². The maximum Gasteiger partial charge on any atom is 0.139 e. The smallest absolute Gasteiger partial charge is 0.139 e. The van der Waals surface area contributed by atoms with E-state index in [1.165, 1.54) is 6.33 Å². The largest absolute Gasteiger partial charge is 0.355 e. The van der Waals surface area contributed by atoms with Gasteiger partial charge in [0.2, 0.25) is 0 Å². The molecule has 1 aromatic carbocycles. The summed E-state index contributed by atoms with van der Waals surface area (Å²) in [6, 6.07) is 7.72. The van der Waals surface area contributed by atoms with Gasteiger partial charge in [-0.25, -0.2) is 9.97 Å². The Morgan fingerprint density at radius 2 is 2.22 bits per heavy atom. The van der Waals surface area contributed by atoms with E-state index in [4.69, 9.17) is 16.9 Å². The van der Waals surface area contributed by atoms with Crippen LogP contribution in [0.5, 0.6) is 0 Å². The van der Waals surface area contributed by atoms with Crippen LogP contribution in [0.3, 0.4) is 0 Å². The van der Waals surface area contributed by atoms with Crippen LogP contribution in [0.15, 0.2) is 24.5 Å². The average Bonchev–Trinajstić information content (AvgIpc) is 2.39. The Labute approximate surface area is 111 Å². The van der Waals surface area contributed by atoms with Crippen LogP contribution >= 0.6 is 11.6 Å². The highest BCUT2D eigenvalue weighted by Gasteiger charge is 2.10. The number of rotatable bonds is 4. The molecule has 2 rings (SSSR count). The highest BCUT2D eigenvalue weighted by atomic mass is 35.5. The molecule has 0 N–H and O–H groups in total. The van der Waals surface area contributed by atoms with Crippen LogP contribution in [0, 0.1) is 11.3 Å². The van der Waals surface area contributed by atoms with E-state index in [1.807, 2.05) is 25.1 Å². The number of hydrogen-bond donors (Lipinski definition) is 0. The van der Waals surface area contributed by atoms with E-state index >= 15 is 0 Å². The third-order valence-corrected chi connectivity index (χ3v) is 2.99. The molecule has 1 heterocycles. The molecule has 92 valence electrons. The van der Waals surface area contributed by atoms with Crippen molar-refractivity contribution in [2.75, 3.05) is 18.0 Å². The number of aromatic nitrogens is 2. The molecule has 0 aliphatic carbocycles. The van der Waals surface area contributed by atoms with Crippen molar-refractivity contribution < 1.29 is 0 Å². The predicted molar refractivity (Wildman–Crippen MR) is 72.7 cm³/mol. The van der Waals surface area contributed by atoms with Crippen molar-refractivity contribution in [1.82, 2.24) is 9.97 Å². The molecular formula is C13H13ClN4. The van der Waals surface area contributed by atoms with E-state index in [2.05, 4.69) is 20.9 Å². The first-order valence-corrected chi connectivity index (χ1v) is 6.16. The molecular weight excluding hydrogens is 248 g/mol. The molecule has 2 aromatic rings. The lowest BCUT2D eigenvalue weighted by Gasteiger charge is -2.21. The van der Waals surface area contributed by atoms with Gasteiger partial charge in [-0.15, -0.1) is 0 Å². The number of nitriles is 1. The van der Waals surface area contributed by atoms with Crippen LogP contribution in [0.2, 0.25) is 5.02 Å². The summed E-state index contributed by atoms with van der Waals surface area (Å²) in [6.07, 6.45) is 2.01. The first kappa shape index (κ1) is 12.6. The van der Waals surface area contributed by atoms with Crippen molar-refractivity contribution in [2.45, 2.75) is 13.3 Å². The van der Waals surface area contributed by atoms with Crippen molar-refractivity contribution in [3.05, 3.63) is 29.5 Å². The van der Waals surface area contributed by atoms with Crippen molar-refractivity contribution in [1.29, 1.82) is 5.26 Å². The lowest BCUT2D eigenvalue weighted by Crippen LogP contribution is -2.25. The van der Waals surface area contributed by atoms with Crippen molar-refractivity contribution in [2.24, 2.45) is 0 Å². The topological polar surface area (TPSA) is 52.8 Å². The minimum absolute atomic E-state index is 0.479. The van der Waals surface area contributed by atoms with Gasteiger partial charge in [-0.1, -0.05) is 11.6 Å². The van der Waals surface area contributed by atoms with Gasteiger partial charge in [-0.3, -0.25) is 0 Å². The molecule has 0 atom stereocenters. The second kappa shape index (κ2) is 5.65. The summed E-state index contributed by atoms with van der Waals surface area (Å²) in [6.45, 7) is 3.51. The van der Waals surface area contributed by atoms with E-state index in [0.29, 0.717) is 18.0 Å². The maximum absolute atomic E-state index is 8.68. The molecule has 0 aliphatic heterocycles. The van der Waals surface area contributed by atoms with Crippen LogP contribution in [-0.4, -0.2) is 23.1 Å². The molecule has 1 aromatic heterocycles. The van der Waals surface area contributed by atoms with Crippen LogP contribution in [0.1, 0.15) is 13.3 Å². The Morgan fingerprint density at radius 1 is 1.39 bits per heavy atom. The van der Waals surface area contributed by atoms with Gasteiger partial charge in [0.25, 0.3) is 0 Å². The molecule has 0 radical (unpaired) electrons. The summed E-state index contributed by atoms with van der Waals surface area (Å²) in [5.74, 6) is 0.856. The maximum atomic E-state index is 8.68. The van der Waals surface area contributed by atoms with Gasteiger partial charge >= 0.3 is 0 Å². The number of benzene rings is 1. The highest BCUT2D eigenvalue weighted by molar-refractivity contribution is 6.31. The zero-order chi connectivity index (χ0) is 13.0. The van der Waals surface area contributed by atoms with Crippen LogP contribution < -0.4 is 4.90 Å². The zero-order valence-corrected chi connectivity index (χ0v) is 10.9. The second-order valence-corrected chi connectivity index (χ2v) is 4.28. The SMILES string of the molecule is CCN(CCC#N)c1ncnc2cc(Cl)ccc12. The zero-order valence-electron chi connectivity index (χ0n) is 10.1. The van der Waals surface area contributed by atoms with E-state index < -0.39 is 0 Å². The van der Waals surface area contributed by atoms with Gasteiger partial charge < -0.3 is 4.90 Å². The molecule has 0 saturated heterocycles. The summed E-state index contributed by atoms with van der Waals surface area (Å²) in [4.78, 5) is 10.6. The highest BCUT2D eigenvalue weighted by Crippen LogP contribution is 2.25. The summed E-state index contributed by atoms with van der Waals surface area (Å²) in [5, 5.41) is 10.3. The van der Waals surface area contributed by atoms with E-state index in [-0.39, 0.29) is 0 Å². The standard InChI is InChI=1S/C13H13ClN4/c1-2-18(7-3-6-15)13-11-5-4-10(14)8-12(11)16-9-17-13/h4-5,8-9H,2-3,7H2,1H3. The molecule has 0 bridgehead atoms.